The van der Waals surface area contributed by atoms with Crippen molar-refractivity contribution < 1.29 is 0 Å². The second-order valence-electron chi connectivity index (χ2n) is 7.02. The zero-order valence-electron chi connectivity index (χ0n) is 16.0. The minimum Gasteiger partial charge on any atom is -0.293 e. The van der Waals surface area contributed by atoms with Gasteiger partial charge in [-0.05, 0) is 24.6 Å². The van der Waals surface area contributed by atoms with E-state index in [0.717, 1.165) is 32.2 Å². The summed E-state index contributed by atoms with van der Waals surface area (Å²) in [6.07, 6.45) is 1.61. The van der Waals surface area contributed by atoms with Crippen molar-refractivity contribution in [2.45, 2.75) is 13.5 Å². The van der Waals surface area contributed by atoms with Crippen LogP contribution < -0.4 is 5.56 Å². The minimum atomic E-state index is -0.0436. The van der Waals surface area contributed by atoms with Crippen molar-refractivity contribution in [2.24, 2.45) is 0 Å². The quantitative estimate of drug-likeness (QED) is 0.325. The standard InChI is InChI=1S/C23H16ClN3OS2/c1-14-2-4-15(5-3-14)19-12-30-22-20(19)23(28)27(13-25-22)10-18-11-29-21(26-18)16-6-8-17(24)9-7-16/h2-9,11-13H,10H2,1H3. The van der Waals surface area contributed by atoms with Crippen LogP contribution in [0.15, 0.2) is 70.4 Å². The number of aromatic nitrogens is 3. The molecule has 0 N–H and O–H groups in total. The third-order valence-corrected chi connectivity index (χ3v) is 6.98. The largest absolute Gasteiger partial charge is 0.293 e. The maximum atomic E-state index is 13.3. The van der Waals surface area contributed by atoms with E-state index in [-0.39, 0.29) is 5.56 Å². The van der Waals surface area contributed by atoms with Crippen molar-refractivity contribution >= 4 is 44.5 Å². The molecule has 0 saturated heterocycles. The highest BCUT2D eigenvalue weighted by atomic mass is 35.5. The Morgan fingerprint density at radius 1 is 0.967 bits per heavy atom. The topological polar surface area (TPSA) is 47.8 Å². The Morgan fingerprint density at radius 3 is 2.47 bits per heavy atom. The van der Waals surface area contributed by atoms with Gasteiger partial charge in [0, 0.05) is 26.9 Å². The van der Waals surface area contributed by atoms with Crippen LogP contribution in [0.25, 0.3) is 31.9 Å². The van der Waals surface area contributed by atoms with Crippen LogP contribution in [-0.4, -0.2) is 14.5 Å². The number of fused-ring (bicyclic) bond motifs is 1. The molecule has 0 bridgehead atoms. The summed E-state index contributed by atoms with van der Waals surface area (Å²) in [5.74, 6) is 0. The molecule has 0 fully saturated rings. The van der Waals surface area contributed by atoms with Crippen LogP contribution in [-0.2, 0) is 6.54 Å². The van der Waals surface area contributed by atoms with E-state index in [9.17, 15) is 4.79 Å². The summed E-state index contributed by atoms with van der Waals surface area (Å²) in [6.45, 7) is 2.44. The van der Waals surface area contributed by atoms with Gasteiger partial charge in [0.15, 0.2) is 0 Å². The fourth-order valence-electron chi connectivity index (χ4n) is 3.30. The Morgan fingerprint density at radius 2 is 1.70 bits per heavy atom. The Kier molecular flexibility index (Phi) is 4.98. The van der Waals surface area contributed by atoms with E-state index in [0.29, 0.717) is 17.0 Å². The lowest BCUT2D eigenvalue weighted by Crippen LogP contribution is -2.21. The SMILES string of the molecule is Cc1ccc(-c2csc3ncn(Cc4csc(-c5ccc(Cl)cc5)n4)c(=O)c23)cc1. The average molecular weight is 450 g/mol. The third-order valence-electron chi connectivity index (χ3n) is 4.90. The van der Waals surface area contributed by atoms with Crippen molar-refractivity contribution in [1.82, 2.24) is 14.5 Å². The number of aryl methyl sites for hydroxylation is 1. The highest BCUT2D eigenvalue weighted by molar-refractivity contribution is 7.17. The lowest BCUT2D eigenvalue weighted by atomic mass is 10.1. The Hall–Kier alpha value is -2.80. The van der Waals surface area contributed by atoms with Crippen molar-refractivity contribution in [1.29, 1.82) is 0 Å². The van der Waals surface area contributed by atoms with Gasteiger partial charge in [0.2, 0.25) is 0 Å². The predicted octanol–water partition coefficient (Wildman–Crippen LogP) is 6.26. The van der Waals surface area contributed by atoms with E-state index in [2.05, 4.69) is 24.0 Å². The number of nitrogens with zero attached hydrogens (tertiary/aromatic N) is 3. The number of benzene rings is 2. The number of rotatable bonds is 4. The van der Waals surface area contributed by atoms with E-state index < -0.39 is 0 Å². The smallest absolute Gasteiger partial charge is 0.263 e. The van der Waals surface area contributed by atoms with Gasteiger partial charge in [-0.2, -0.15) is 0 Å². The summed E-state index contributed by atoms with van der Waals surface area (Å²) in [6, 6.07) is 15.8. The molecular weight excluding hydrogens is 434 g/mol. The number of thiophene rings is 1. The molecule has 0 aliphatic heterocycles. The molecule has 0 radical (unpaired) electrons. The van der Waals surface area contributed by atoms with Crippen molar-refractivity contribution in [3.05, 3.63) is 92.3 Å². The molecule has 3 aromatic heterocycles. The van der Waals surface area contributed by atoms with Crippen LogP contribution in [0.2, 0.25) is 5.02 Å². The second-order valence-corrected chi connectivity index (χ2v) is 9.18. The van der Waals surface area contributed by atoms with Crippen LogP contribution >= 0.6 is 34.3 Å². The van der Waals surface area contributed by atoms with E-state index in [4.69, 9.17) is 16.6 Å². The number of hydrogen-bond donors (Lipinski definition) is 0. The van der Waals surface area contributed by atoms with Crippen molar-refractivity contribution in [3.63, 3.8) is 0 Å². The lowest BCUT2D eigenvalue weighted by Gasteiger charge is -2.05. The zero-order valence-corrected chi connectivity index (χ0v) is 18.4. The maximum Gasteiger partial charge on any atom is 0.263 e. The van der Waals surface area contributed by atoms with Crippen LogP contribution in [0.5, 0.6) is 0 Å². The van der Waals surface area contributed by atoms with Gasteiger partial charge in [-0.3, -0.25) is 9.36 Å². The number of halogens is 1. The Balaban J connectivity index is 1.50. The van der Waals surface area contributed by atoms with Gasteiger partial charge in [-0.1, -0.05) is 53.6 Å². The molecule has 0 spiro atoms. The van der Waals surface area contributed by atoms with Crippen molar-refractivity contribution in [3.8, 4) is 21.7 Å². The first kappa shape index (κ1) is 19.2. The van der Waals surface area contributed by atoms with Gasteiger partial charge in [0.1, 0.15) is 9.84 Å². The van der Waals surface area contributed by atoms with Gasteiger partial charge in [0.25, 0.3) is 5.56 Å². The van der Waals surface area contributed by atoms with Gasteiger partial charge in [0.05, 0.1) is 24.0 Å². The van der Waals surface area contributed by atoms with Crippen molar-refractivity contribution in [2.75, 3.05) is 0 Å². The molecule has 0 unspecified atom stereocenters. The van der Waals surface area contributed by atoms with Gasteiger partial charge in [-0.25, -0.2) is 9.97 Å². The molecule has 0 atom stereocenters. The monoisotopic (exact) mass is 449 g/mol. The summed E-state index contributed by atoms with van der Waals surface area (Å²) in [4.78, 5) is 23.2. The van der Waals surface area contributed by atoms with Gasteiger partial charge >= 0.3 is 0 Å². The number of thiazole rings is 1. The van der Waals surface area contributed by atoms with Crippen LogP contribution in [0, 0.1) is 6.92 Å². The summed E-state index contributed by atoms with van der Waals surface area (Å²) in [7, 11) is 0. The first-order valence-corrected chi connectivity index (χ1v) is 11.5. The molecule has 7 heteroatoms. The molecule has 30 heavy (non-hydrogen) atoms. The summed E-state index contributed by atoms with van der Waals surface area (Å²) < 4.78 is 1.63. The molecular formula is C23H16ClN3OS2. The molecule has 5 rings (SSSR count). The normalized spacial score (nSPS) is 11.3. The molecule has 4 nitrogen and oxygen atoms in total. The fraction of sp³-hybridized carbons (Fsp3) is 0.0870. The van der Waals surface area contributed by atoms with Crippen LogP contribution in [0.3, 0.4) is 0 Å². The molecule has 0 amide bonds. The molecule has 148 valence electrons. The molecule has 3 heterocycles. The average Bonchev–Trinajstić information content (AvgIpc) is 3.39. The second kappa shape index (κ2) is 7.80. The lowest BCUT2D eigenvalue weighted by molar-refractivity contribution is 0.735. The van der Waals surface area contributed by atoms with E-state index in [1.165, 1.54) is 16.9 Å². The summed E-state index contributed by atoms with van der Waals surface area (Å²) in [5, 5.41) is 6.26. The maximum absolute atomic E-state index is 13.3. The zero-order chi connectivity index (χ0) is 20.7. The highest BCUT2D eigenvalue weighted by Gasteiger charge is 2.14. The number of hydrogen-bond acceptors (Lipinski definition) is 5. The first-order valence-electron chi connectivity index (χ1n) is 9.32. The van der Waals surface area contributed by atoms with Crippen LogP contribution in [0.1, 0.15) is 11.3 Å². The molecule has 0 saturated carbocycles. The molecule has 5 aromatic rings. The predicted molar refractivity (Wildman–Crippen MR) is 126 cm³/mol. The van der Waals surface area contributed by atoms with E-state index >= 15 is 0 Å². The molecule has 0 aliphatic carbocycles. The minimum absolute atomic E-state index is 0.0436. The fourth-order valence-corrected chi connectivity index (χ4v) is 5.15. The van der Waals surface area contributed by atoms with Crippen LogP contribution in [0.4, 0.5) is 0 Å². The third kappa shape index (κ3) is 3.58. The first-order chi connectivity index (χ1) is 14.6. The van der Waals surface area contributed by atoms with E-state index in [1.54, 1.807) is 22.2 Å². The van der Waals surface area contributed by atoms with E-state index in [1.807, 2.05) is 47.2 Å². The molecule has 2 aromatic carbocycles. The Labute approximate surface area is 186 Å². The molecule has 0 aliphatic rings. The summed E-state index contributed by atoms with van der Waals surface area (Å²) >= 11 is 9.02. The van der Waals surface area contributed by atoms with Gasteiger partial charge < -0.3 is 0 Å². The Bertz CT molecular complexity index is 1400. The van der Waals surface area contributed by atoms with Gasteiger partial charge in [-0.15, -0.1) is 22.7 Å². The summed E-state index contributed by atoms with van der Waals surface area (Å²) in [5.41, 5.74) is 4.95. The highest BCUT2D eigenvalue weighted by Crippen LogP contribution is 2.31.